The number of nitrogens with two attached hydrogens (primary N) is 1. The fourth-order valence-corrected chi connectivity index (χ4v) is 1.68. The van der Waals surface area contributed by atoms with E-state index in [1.54, 1.807) is 18.2 Å². The molecule has 0 amide bonds. The van der Waals surface area contributed by atoms with Crippen LogP contribution in [0.15, 0.2) is 18.2 Å². The molecule has 1 aromatic carbocycles. The van der Waals surface area contributed by atoms with E-state index in [1.807, 2.05) is 0 Å². The van der Waals surface area contributed by atoms with Gasteiger partial charge in [0.25, 0.3) is 0 Å². The van der Waals surface area contributed by atoms with E-state index in [2.05, 4.69) is 12.2 Å². The number of para-hydroxylation sites is 1. The fraction of sp³-hybridized carbons (Fsp3) is 0.500. The van der Waals surface area contributed by atoms with Crippen LogP contribution < -0.4 is 11.1 Å². The van der Waals surface area contributed by atoms with Crippen LogP contribution >= 0.6 is 0 Å². The second kappa shape index (κ2) is 6.73. The lowest BCUT2D eigenvalue weighted by molar-refractivity contribution is -0.383. The minimum atomic E-state index is -0.441. The summed E-state index contributed by atoms with van der Waals surface area (Å²) in [4.78, 5) is 10.4. The van der Waals surface area contributed by atoms with E-state index in [9.17, 15) is 10.1 Å². The molecular weight excluding hydrogens is 218 g/mol. The van der Waals surface area contributed by atoms with Crippen molar-refractivity contribution in [2.24, 2.45) is 0 Å². The second-order valence-electron chi connectivity index (χ2n) is 3.99. The van der Waals surface area contributed by atoms with Gasteiger partial charge in [0.1, 0.15) is 11.4 Å². The minimum Gasteiger partial charge on any atom is -0.393 e. The number of benzene rings is 1. The predicted octanol–water partition coefficient (Wildman–Crippen LogP) is 3.17. The summed E-state index contributed by atoms with van der Waals surface area (Å²) in [5.41, 5.74) is 6.28. The van der Waals surface area contributed by atoms with Gasteiger partial charge >= 0.3 is 5.69 Å². The van der Waals surface area contributed by atoms with Gasteiger partial charge < -0.3 is 11.1 Å². The molecule has 0 spiro atoms. The molecule has 0 saturated heterocycles. The van der Waals surface area contributed by atoms with Crippen molar-refractivity contribution >= 4 is 17.1 Å². The summed E-state index contributed by atoms with van der Waals surface area (Å²) in [7, 11) is 0. The molecule has 94 valence electrons. The number of nitro groups is 1. The van der Waals surface area contributed by atoms with Crippen LogP contribution in [0.25, 0.3) is 0 Å². The average molecular weight is 237 g/mol. The highest BCUT2D eigenvalue weighted by Crippen LogP contribution is 2.30. The molecule has 5 nitrogen and oxygen atoms in total. The Labute approximate surface area is 101 Å². The normalized spacial score (nSPS) is 10.2. The van der Waals surface area contributed by atoms with Crippen molar-refractivity contribution in [3.63, 3.8) is 0 Å². The van der Waals surface area contributed by atoms with Gasteiger partial charge in [-0.15, -0.1) is 0 Å². The number of hydrogen-bond acceptors (Lipinski definition) is 4. The molecule has 0 aliphatic carbocycles. The Bertz CT molecular complexity index is 380. The van der Waals surface area contributed by atoms with Crippen LogP contribution in [-0.4, -0.2) is 11.5 Å². The van der Waals surface area contributed by atoms with Crippen molar-refractivity contribution in [2.45, 2.75) is 32.6 Å². The maximum Gasteiger partial charge on any atom is 0.314 e. The number of rotatable bonds is 7. The van der Waals surface area contributed by atoms with Crippen LogP contribution in [0.2, 0.25) is 0 Å². The lowest BCUT2D eigenvalue weighted by Crippen LogP contribution is -2.06. The van der Waals surface area contributed by atoms with Gasteiger partial charge in [-0.2, -0.15) is 0 Å². The zero-order valence-electron chi connectivity index (χ0n) is 10.1. The minimum absolute atomic E-state index is 0.0250. The summed E-state index contributed by atoms with van der Waals surface area (Å²) in [6.45, 7) is 2.89. The molecule has 0 aliphatic heterocycles. The van der Waals surface area contributed by atoms with Gasteiger partial charge in [-0.25, -0.2) is 0 Å². The Morgan fingerprint density at radius 1 is 1.35 bits per heavy atom. The van der Waals surface area contributed by atoms with Crippen LogP contribution in [0, 0.1) is 10.1 Å². The zero-order valence-corrected chi connectivity index (χ0v) is 10.1. The Balaban J connectivity index is 2.58. The summed E-state index contributed by atoms with van der Waals surface area (Å²) in [5.74, 6) is 0. The number of nitrogens with zero attached hydrogens (tertiary/aromatic N) is 1. The van der Waals surface area contributed by atoms with Crippen LogP contribution in [0.1, 0.15) is 32.6 Å². The van der Waals surface area contributed by atoms with E-state index >= 15 is 0 Å². The molecule has 0 heterocycles. The number of unbranched alkanes of at least 4 members (excludes halogenated alkanes) is 3. The highest BCUT2D eigenvalue weighted by atomic mass is 16.6. The van der Waals surface area contributed by atoms with E-state index < -0.39 is 4.92 Å². The third-order valence-corrected chi connectivity index (χ3v) is 2.60. The van der Waals surface area contributed by atoms with E-state index in [1.165, 1.54) is 12.8 Å². The van der Waals surface area contributed by atoms with E-state index in [-0.39, 0.29) is 11.4 Å². The number of nitrogens with one attached hydrogen (secondary N) is 1. The standard InChI is InChI=1S/C12H19N3O2/c1-2-3-4-5-9-14-11-8-6-7-10(13)12(11)15(16)17/h6-8,14H,2-5,9,13H2,1H3. The second-order valence-corrected chi connectivity index (χ2v) is 3.99. The average Bonchev–Trinajstić information content (AvgIpc) is 2.28. The van der Waals surface area contributed by atoms with Gasteiger partial charge in [-0.1, -0.05) is 32.3 Å². The quantitative estimate of drug-likeness (QED) is 0.330. The van der Waals surface area contributed by atoms with Gasteiger partial charge in [-0.05, 0) is 18.6 Å². The smallest absolute Gasteiger partial charge is 0.314 e. The number of nitrogen functional groups attached to an aromatic ring is 1. The SMILES string of the molecule is CCCCCCNc1cccc(N)c1[N+](=O)[O-]. The van der Waals surface area contributed by atoms with Crippen molar-refractivity contribution in [1.29, 1.82) is 0 Å². The van der Waals surface area contributed by atoms with Gasteiger partial charge in [0, 0.05) is 6.54 Å². The van der Waals surface area contributed by atoms with Crippen molar-refractivity contribution < 1.29 is 4.92 Å². The first-order valence-electron chi connectivity index (χ1n) is 5.93. The van der Waals surface area contributed by atoms with Gasteiger partial charge in [-0.3, -0.25) is 10.1 Å². The van der Waals surface area contributed by atoms with Gasteiger partial charge in [0.15, 0.2) is 0 Å². The third-order valence-electron chi connectivity index (χ3n) is 2.60. The largest absolute Gasteiger partial charge is 0.393 e. The molecule has 5 heteroatoms. The monoisotopic (exact) mass is 237 g/mol. The van der Waals surface area contributed by atoms with Crippen molar-refractivity contribution in [2.75, 3.05) is 17.6 Å². The molecule has 3 N–H and O–H groups in total. The molecule has 0 fully saturated rings. The summed E-state index contributed by atoms with van der Waals surface area (Å²) in [5, 5.41) is 13.9. The van der Waals surface area contributed by atoms with E-state index in [4.69, 9.17) is 5.73 Å². The Morgan fingerprint density at radius 2 is 2.12 bits per heavy atom. The Morgan fingerprint density at radius 3 is 2.76 bits per heavy atom. The third kappa shape index (κ3) is 3.94. The first-order valence-corrected chi connectivity index (χ1v) is 5.93. The molecule has 1 rings (SSSR count). The molecular formula is C12H19N3O2. The number of anilines is 2. The predicted molar refractivity (Wildman–Crippen MR) is 70.1 cm³/mol. The van der Waals surface area contributed by atoms with Crippen LogP contribution in [0.5, 0.6) is 0 Å². The molecule has 0 radical (unpaired) electrons. The van der Waals surface area contributed by atoms with Crippen molar-refractivity contribution in [3.8, 4) is 0 Å². The maximum atomic E-state index is 10.9. The summed E-state index contributed by atoms with van der Waals surface area (Å²) in [6.07, 6.45) is 4.53. The first-order chi connectivity index (χ1) is 8.16. The molecule has 0 unspecified atom stereocenters. The lowest BCUT2D eigenvalue weighted by atomic mass is 10.2. The topological polar surface area (TPSA) is 81.2 Å². The van der Waals surface area contributed by atoms with Crippen molar-refractivity contribution in [1.82, 2.24) is 0 Å². The maximum absolute atomic E-state index is 10.9. The van der Waals surface area contributed by atoms with Crippen LogP contribution in [-0.2, 0) is 0 Å². The summed E-state index contributed by atoms with van der Waals surface area (Å²) >= 11 is 0. The molecule has 0 saturated carbocycles. The van der Waals surface area contributed by atoms with Crippen molar-refractivity contribution in [3.05, 3.63) is 28.3 Å². The molecule has 0 bridgehead atoms. The highest BCUT2D eigenvalue weighted by molar-refractivity contribution is 5.74. The molecule has 0 aromatic heterocycles. The van der Waals surface area contributed by atoms with Crippen LogP contribution in [0.4, 0.5) is 17.1 Å². The Kier molecular flexibility index (Phi) is 5.26. The molecule has 0 atom stereocenters. The highest BCUT2D eigenvalue weighted by Gasteiger charge is 2.16. The molecule has 1 aromatic rings. The molecule has 17 heavy (non-hydrogen) atoms. The fourth-order valence-electron chi connectivity index (χ4n) is 1.68. The molecule has 0 aliphatic rings. The zero-order chi connectivity index (χ0) is 12.7. The number of hydrogen-bond donors (Lipinski definition) is 2. The Hall–Kier alpha value is -1.78. The van der Waals surface area contributed by atoms with E-state index in [0.717, 1.165) is 19.4 Å². The summed E-state index contributed by atoms with van der Waals surface area (Å²) in [6, 6.07) is 4.95. The first kappa shape index (κ1) is 13.3. The van der Waals surface area contributed by atoms with Crippen LogP contribution in [0.3, 0.4) is 0 Å². The lowest BCUT2D eigenvalue weighted by Gasteiger charge is -2.07. The number of nitro benzene ring substituents is 1. The van der Waals surface area contributed by atoms with Gasteiger partial charge in [0.05, 0.1) is 4.92 Å². The van der Waals surface area contributed by atoms with E-state index in [0.29, 0.717) is 5.69 Å². The van der Waals surface area contributed by atoms with Gasteiger partial charge in [0.2, 0.25) is 0 Å². The summed E-state index contributed by atoms with van der Waals surface area (Å²) < 4.78 is 0.